The molecule has 0 bridgehead atoms. The lowest BCUT2D eigenvalue weighted by Crippen LogP contribution is -2.31. The number of aliphatic hydroxyl groups excluding tert-OH is 1. The fourth-order valence-electron chi connectivity index (χ4n) is 3.88. The molecule has 2 aliphatic carbocycles. The summed E-state index contributed by atoms with van der Waals surface area (Å²) in [5.74, 6) is -0.869. The number of rotatable bonds is 6. The van der Waals surface area contributed by atoms with Crippen LogP contribution < -0.4 is 0 Å². The van der Waals surface area contributed by atoms with Gasteiger partial charge in [-0.3, -0.25) is 9.59 Å². The third-order valence-corrected chi connectivity index (χ3v) is 5.51. The zero-order chi connectivity index (χ0) is 16.7. The lowest BCUT2D eigenvalue weighted by atomic mass is 9.89. The van der Waals surface area contributed by atoms with Crippen LogP contribution in [0.1, 0.15) is 38.5 Å². The molecular formula is C17H24O7. The van der Waals surface area contributed by atoms with Crippen molar-refractivity contribution in [1.29, 1.82) is 0 Å². The molecule has 4 aliphatic rings. The molecule has 1 N–H and O–H groups in total. The minimum atomic E-state index is -0.986. The SMILES string of the molecule is O=C(OCC(O)COC(=O)C1CCC2OC2C1)C1CCC2OC2C1. The molecule has 0 spiro atoms. The molecule has 0 amide bonds. The van der Waals surface area contributed by atoms with Crippen LogP contribution in [0.5, 0.6) is 0 Å². The largest absolute Gasteiger partial charge is 0.463 e. The average Bonchev–Trinajstić information content (AvgIpc) is 3.49. The maximum absolute atomic E-state index is 12.0. The molecule has 0 aromatic heterocycles. The van der Waals surface area contributed by atoms with Crippen LogP contribution in [0.3, 0.4) is 0 Å². The van der Waals surface area contributed by atoms with Gasteiger partial charge in [0, 0.05) is 0 Å². The van der Waals surface area contributed by atoms with Crippen LogP contribution in [0.25, 0.3) is 0 Å². The van der Waals surface area contributed by atoms with Crippen LogP contribution in [-0.4, -0.2) is 60.8 Å². The molecule has 2 saturated carbocycles. The van der Waals surface area contributed by atoms with Crippen LogP contribution in [-0.2, 0) is 28.5 Å². The minimum Gasteiger partial charge on any atom is -0.463 e. The number of esters is 2. The van der Waals surface area contributed by atoms with Crippen molar-refractivity contribution in [3.63, 3.8) is 0 Å². The fraction of sp³-hybridized carbons (Fsp3) is 0.882. The normalized spacial score (nSPS) is 40.7. The third-order valence-electron chi connectivity index (χ3n) is 5.51. The molecule has 24 heavy (non-hydrogen) atoms. The van der Waals surface area contributed by atoms with Crippen molar-refractivity contribution in [2.75, 3.05) is 13.2 Å². The van der Waals surface area contributed by atoms with E-state index in [4.69, 9.17) is 18.9 Å². The van der Waals surface area contributed by atoms with Crippen LogP contribution >= 0.6 is 0 Å². The number of fused-ring (bicyclic) bond motifs is 2. The molecule has 2 aliphatic heterocycles. The lowest BCUT2D eigenvalue weighted by molar-refractivity contribution is -0.158. The maximum Gasteiger partial charge on any atom is 0.309 e. The number of aliphatic hydroxyl groups is 1. The van der Waals surface area contributed by atoms with Gasteiger partial charge in [-0.15, -0.1) is 0 Å². The van der Waals surface area contributed by atoms with E-state index < -0.39 is 6.10 Å². The van der Waals surface area contributed by atoms with Crippen molar-refractivity contribution >= 4 is 11.9 Å². The molecule has 2 heterocycles. The van der Waals surface area contributed by atoms with Gasteiger partial charge in [-0.05, 0) is 38.5 Å². The lowest BCUT2D eigenvalue weighted by Gasteiger charge is -2.20. The van der Waals surface area contributed by atoms with Crippen LogP contribution in [0.2, 0.25) is 0 Å². The molecular weight excluding hydrogens is 316 g/mol. The minimum absolute atomic E-state index is 0.141. The first-order chi connectivity index (χ1) is 11.6. The molecule has 7 nitrogen and oxygen atoms in total. The Morgan fingerprint density at radius 3 is 1.71 bits per heavy atom. The topological polar surface area (TPSA) is 97.9 Å². The summed E-state index contributed by atoms with van der Waals surface area (Å²) in [6.45, 7) is -0.286. The Balaban J connectivity index is 1.12. The monoisotopic (exact) mass is 340 g/mol. The van der Waals surface area contributed by atoms with Crippen molar-refractivity contribution in [1.82, 2.24) is 0 Å². The smallest absolute Gasteiger partial charge is 0.309 e. The highest BCUT2D eigenvalue weighted by atomic mass is 16.6. The quantitative estimate of drug-likeness (QED) is 0.557. The highest BCUT2D eigenvalue weighted by molar-refractivity contribution is 5.73. The number of hydrogen-bond donors (Lipinski definition) is 1. The Morgan fingerprint density at radius 2 is 1.29 bits per heavy atom. The van der Waals surface area contributed by atoms with Crippen molar-refractivity contribution in [2.45, 2.75) is 69.0 Å². The van der Waals surface area contributed by atoms with E-state index in [0.29, 0.717) is 25.0 Å². The maximum atomic E-state index is 12.0. The summed E-state index contributed by atoms with van der Waals surface area (Å²) in [4.78, 5) is 24.0. The second kappa shape index (κ2) is 6.61. The van der Waals surface area contributed by atoms with E-state index in [1.54, 1.807) is 0 Å². The zero-order valence-electron chi connectivity index (χ0n) is 13.6. The second-order valence-corrected chi connectivity index (χ2v) is 7.36. The zero-order valence-corrected chi connectivity index (χ0v) is 13.6. The third kappa shape index (κ3) is 3.73. The van der Waals surface area contributed by atoms with Gasteiger partial charge in [0.25, 0.3) is 0 Å². The van der Waals surface area contributed by atoms with Gasteiger partial charge >= 0.3 is 11.9 Å². The number of hydrogen-bond acceptors (Lipinski definition) is 7. The van der Waals surface area contributed by atoms with E-state index in [9.17, 15) is 14.7 Å². The summed E-state index contributed by atoms with van der Waals surface area (Å²) in [5, 5.41) is 9.86. The summed E-state index contributed by atoms with van der Waals surface area (Å²) < 4.78 is 21.1. The molecule has 6 unspecified atom stereocenters. The Hall–Kier alpha value is -1.18. The van der Waals surface area contributed by atoms with Crippen molar-refractivity contribution in [3.05, 3.63) is 0 Å². The van der Waals surface area contributed by atoms with Crippen LogP contribution in [0.4, 0.5) is 0 Å². The van der Waals surface area contributed by atoms with Crippen molar-refractivity contribution < 1.29 is 33.6 Å². The summed E-state index contributed by atoms with van der Waals surface area (Å²) in [7, 11) is 0. The standard InChI is InChI=1S/C17H24O7/c18-11(7-21-16(19)9-1-3-12-14(5-9)23-12)8-22-17(20)10-2-4-13-15(6-10)24-13/h9-15,18H,1-8H2. The molecule has 0 radical (unpaired) electrons. The van der Waals surface area contributed by atoms with Crippen LogP contribution in [0.15, 0.2) is 0 Å². The van der Waals surface area contributed by atoms with Gasteiger partial charge in [-0.25, -0.2) is 0 Å². The Kier molecular flexibility index (Phi) is 4.49. The average molecular weight is 340 g/mol. The van der Waals surface area contributed by atoms with Gasteiger partial charge in [0.15, 0.2) is 0 Å². The summed E-state index contributed by atoms with van der Waals surface area (Å²) in [6.07, 6.45) is 4.90. The van der Waals surface area contributed by atoms with E-state index in [0.717, 1.165) is 25.7 Å². The highest BCUT2D eigenvalue weighted by Crippen LogP contribution is 2.40. The first-order valence-electron chi connectivity index (χ1n) is 8.92. The van der Waals surface area contributed by atoms with Gasteiger partial charge in [0.2, 0.25) is 0 Å². The molecule has 2 saturated heterocycles. The van der Waals surface area contributed by atoms with E-state index in [1.807, 2.05) is 0 Å². The van der Waals surface area contributed by atoms with Gasteiger partial charge in [-0.2, -0.15) is 0 Å². The first kappa shape index (κ1) is 16.3. The van der Waals surface area contributed by atoms with Crippen molar-refractivity contribution in [3.8, 4) is 0 Å². The molecule has 6 atom stereocenters. The molecule has 0 aromatic rings. The van der Waals surface area contributed by atoms with Gasteiger partial charge in [-0.1, -0.05) is 0 Å². The number of ether oxygens (including phenoxy) is 4. The molecule has 4 rings (SSSR count). The Bertz CT molecular complexity index is 463. The first-order valence-corrected chi connectivity index (χ1v) is 8.92. The highest BCUT2D eigenvalue weighted by Gasteiger charge is 2.47. The summed E-state index contributed by atoms with van der Waals surface area (Å²) in [5.41, 5.74) is 0. The van der Waals surface area contributed by atoms with Crippen LogP contribution in [0, 0.1) is 11.8 Å². The molecule has 7 heteroatoms. The summed E-state index contributed by atoms with van der Waals surface area (Å²) in [6, 6.07) is 0. The van der Waals surface area contributed by atoms with Gasteiger partial charge < -0.3 is 24.1 Å². The fourth-order valence-corrected chi connectivity index (χ4v) is 3.88. The van der Waals surface area contributed by atoms with Crippen molar-refractivity contribution in [2.24, 2.45) is 11.8 Å². The predicted octanol–water partition coefficient (Wildman–Crippen LogP) is 0.569. The van der Waals surface area contributed by atoms with E-state index in [2.05, 4.69) is 0 Å². The predicted molar refractivity (Wildman–Crippen MR) is 79.9 cm³/mol. The molecule has 0 aromatic carbocycles. The van der Waals surface area contributed by atoms with Gasteiger partial charge in [0.05, 0.1) is 36.3 Å². The number of carbonyl (C=O) groups is 2. The summed E-state index contributed by atoms with van der Waals surface area (Å²) >= 11 is 0. The van der Waals surface area contributed by atoms with E-state index in [1.165, 1.54) is 0 Å². The number of epoxide rings is 2. The second-order valence-electron chi connectivity index (χ2n) is 7.36. The van der Waals surface area contributed by atoms with Gasteiger partial charge in [0.1, 0.15) is 19.3 Å². The van der Waals surface area contributed by atoms with E-state index >= 15 is 0 Å². The molecule has 4 fully saturated rings. The Labute approximate surface area is 140 Å². The Morgan fingerprint density at radius 1 is 0.833 bits per heavy atom. The van der Waals surface area contributed by atoms with E-state index in [-0.39, 0.29) is 49.2 Å². The molecule has 134 valence electrons. The number of carbonyl (C=O) groups excluding carboxylic acids is 2.